The molecule has 0 unspecified atom stereocenters. The van der Waals surface area contributed by atoms with E-state index in [1.807, 2.05) is 12.1 Å². The summed E-state index contributed by atoms with van der Waals surface area (Å²) in [6.45, 7) is 1.45. The zero-order chi connectivity index (χ0) is 14.1. The van der Waals surface area contributed by atoms with Crippen molar-refractivity contribution in [1.82, 2.24) is 4.90 Å². The summed E-state index contributed by atoms with van der Waals surface area (Å²) in [6, 6.07) is 6.27. The first-order chi connectivity index (χ1) is 9.69. The highest BCUT2D eigenvalue weighted by atomic mass is 16.3. The molecule has 108 valence electrons. The lowest BCUT2D eigenvalue weighted by Crippen LogP contribution is -2.38. The highest BCUT2D eigenvalue weighted by Gasteiger charge is 2.32. The molecule has 1 heterocycles. The number of nitrogens with zero attached hydrogens (tertiary/aromatic N) is 2. The van der Waals surface area contributed by atoms with Gasteiger partial charge in [-0.15, -0.1) is 0 Å². The predicted octanol–water partition coefficient (Wildman–Crippen LogP) is 1.67. The molecule has 2 amide bonds. The first kappa shape index (κ1) is 13.2. The predicted molar refractivity (Wildman–Crippen MR) is 79.2 cm³/mol. The van der Waals surface area contributed by atoms with Gasteiger partial charge in [-0.25, -0.2) is 4.79 Å². The molecule has 0 radical (unpaired) electrons. The van der Waals surface area contributed by atoms with Gasteiger partial charge in [0.1, 0.15) is 0 Å². The van der Waals surface area contributed by atoms with Crippen LogP contribution in [0, 0.1) is 0 Å². The number of carbonyl (C=O) groups excluding carboxylic acids is 1. The van der Waals surface area contributed by atoms with Gasteiger partial charge >= 0.3 is 6.03 Å². The Balaban J connectivity index is 1.71. The van der Waals surface area contributed by atoms with Crippen molar-refractivity contribution in [3.05, 3.63) is 23.8 Å². The van der Waals surface area contributed by atoms with Crippen LogP contribution in [0.4, 0.5) is 16.2 Å². The number of aliphatic hydroxyl groups is 1. The molecule has 1 aliphatic heterocycles. The van der Waals surface area contributed by atoms with Gasteiger partial charge < -0.3 is 20.2 Å². The Labute approximate surface area is 119 Å². The van der Waals surface area contributed by atoms with E-state index in [0.29, 0.717) is 12.6 Å². The van der Waals surface area contributed by atoms with E-state index in [9.17, 15) is 4.79 Å². The Morgan fingerprint density at radius 2 is 2.30 bits per heavy atom. The standard InChI is InChI=1S/C15H21N3O2/c1-17-7-6-11-2-3-12(10-14(11)17)16-15(20)18(8-9-19)13-4-5-13/h2-3,10,13,19H,4-9H2,1H3,(H,16,20). The first-order valence-electron chi connectivity index (χ1n) is 7.21. The summed E-state index contributed by atoms with van der Waals surface area (Å²) >= 11 is 0. The van der Waals surface area contributed by atoms with Crippen LogP contribution in [0.2, 0.25) is 0 Å². The van der Waals surface area contributed by atoms with Gasteiger partial charge in [-0.05, 0) is 37.0 Å². The molecule has 1 aliphatic carbocycles. The maximum Gasteiger partial charge on any atom is 0.322 e. The number of likely N-dealkylation sites (N-methyl/N-ethyl adjacent to an activating group) is 1. The number of hydrogen-bond donors (Lipinski definition) is 2. The lowest BCUT2D eigenvalue weighted by atomic mass is 10.1. The van der Waals surface area contributed by atoms with Gasteiger partial charge in [0.15, 0.2) is 0 Å². The molecule has 1 saturated carbocycles. The Morgan fingerprint density at radius 3 is 3.00 bits per heavy atom. The minimum Gasteiger partial charge on any atom is -0.395 e. The van der Waals surface area contributed by atoms with Crippen LogP contribution in [0.25, 0.3) is 0 Å². The van der Waals surface area contributed by atoms with E-state index >= 15 is 0 Å². The number of anilines is 2. The molecule has 1 aromatic rings. The van der Waals surface area contributed by atoms with E-state index < -0.39 is 0 Å². The minimum absolute atomic E-state index is 0.0108. The van der Waals surface area contributed by atoms with Crippen LogP contribution >= 0.6 is 0 Å². The molecule has 0 saturated heterocycles. The molecular weight excluding hydrogens is 254 g/mol. The molecule has 0 bridgehead atoms. The van der Waals surface area contributed by atoms with Gasteiger partial charge in [-0.1, -0.05) is 6.07 Å². The molecule has 1 fully saturated rings. The second kappa shape index (κ2) is 5.32. The minimum atomic E-state index is -0.109. The summed E-state index contributed by atoms with van der Waals surface area (Å²) in [5.74, 6) is 0. The van der Waals surface area contributed by atoms with Crippen molar-refractivity contribution in [3.63, 3.8) is 0 Å². The lowest BCUT2D eigenvalue weighted by molar-refractivity contribution is 0.185. The molecular formula is C15H21N3O2. The summed E-state index contributed by atoms with van der Waals surface area (Å²) in [7, 11) is 2.07. The molecule has 3 rings (SSSR count). The molecule has 0 atom stereocenters. The number of fused-ring (bicyclic) bond motifs is 1. The summed E-state index contributed by atoms with van der Waals surface area (Å²) < 4.78 is 0. The quantitative estimate of drug-likeness (QED) is 0.879. The number of amides is 2. The van der Waals surface area contributed by atoms with Gasteiger partial charge in [0, 0.05) is 37.6 Å². The van der Waals surface area contributed by atoms with Crippen molar-refractivity contribution in [3.8, 4) is 0 Å². The van der Waals surface area contributed by atoms with Crippen molar-refractivity contribution in [1.29, 1.82) is 0 Å². The second-order valence-corrected chi connectivity index (χ2v) is 5.59. The van der Waals surface area contributed by atoms with E-state index in [1.165, 1.54) is 11.3 Å². The number of carbonyl (C=O) groups is 1. The lowest BCUT2D eigenvalue weighted by Gasteiger charge is -2.22. The van der Waals surface area contributed by atoms with Gasteiger partial charge in [-0.3, -0.25) is 0 Å². The van der Waals surface area contributed by atoms with Gasteiger partial charge in [0.25, 0.3) is 0 Å². The summed E-state index contributed by atoms with van der Waals surface area (Å²) in [4.78, 5) is 16.2. The summed E-state index contributed by atoms with van der Waals surface area (Å²) in [6.07, 6.45) is 3.15. The first-order valence-corrected chi connectivity index (χ1v) is 7.21. The van der Waals surface area contributed by atoms with Crippen LogP contribution in [0.3, 0.4) is 0 Å². The van der Waals surface area contributed by atoms with Gasteiger partial charge in [0.2, 0.25) is 0 Å². The summed E-state index contributed by atoms with van der Waals surface area (Å²) in [5, 5.41) is 12.0. The Hall–Kier alpha value is -1.75. The fraction of sp³-hybridized carbons (Fsp3) is 0.533. The third kappa shape index (κ3) is 2.58. The highest BCUT2D eigenvalue weighted by Crippen LogP contribution is 2.31. The topological polar surface area (TPSA) is 55.8 Å². The zero-order valence-electron chi connectivity index (χ0n) is 11.8. The number of aliphatic hydroxyl groups excluding tert-OH is 1. The molecule has 0 spiro atoms. The molecule has 1 aromatic carbocycles. The fourth-order valence-corrected chi connectivity index (χ4v) is 2.76. The number of benzene rings is 1. The summed E-state index contributed by atoms with van der Waals surface area (Å²) in [5.41, 5.74) is 3.36. The number of rotatable bonds is 4. The number of hydrogen-bond acceptors (Lipinski definition) is 3. The van der Waals surface area contributed by atoms with Crippen molar-refractivity contribution >= 4 is 17.4 Å². The van der Waals surface area contributed by atoms with Crippen LogP contribution in [0.5, 0.6) is 0 Å². The molecule has 2 N–H and O–H groups in total. The van der Waals surface area contributed by atoms with Crippen molar-refractivity contribution in [2.45, 2.75) is 25.3 Å². The number of urea groups is 1. The highest BCUT2D eigenvalue weighted by molar-refractivity contribution is 5.90. The van der Waals surface area contributed by atoms with Crippen LogP contribution in [0.15, 0.2) is 18.2 Å². The van der Waals surface area contributed by atoms with E-state index in [-0.39, 0.29) is 12.6 Å². The average molecular weight is 275 g/mol. The van der Waals surface area contributed by atoms with Crippen LogP contribution in [-0.2, 0) is 6.42 Å². The molecule has 5 heteroatoms. The van der Waals surface area contributed by atoms with Crippen LogP contribution in [0.1, 0.15) is 18.4 Å². The van der Waals surface area contributed by atoms with E-state index in [0.717, 1.165) is 31.5 Å². The Kier molecular flexibility index (Phi) is 3.53. The third-order valence-corrected chi connectivity index (χ3v) is 4.05. The fourth-order valence-electron chi connectivity index (χ4n) is 2.76. The average Bonchev–Trinajstić information content (AvgIpc) is 3.21. The molecule has 5 nitrogen and oxygen atoms in total. The Bertz CT molecular complexity index is 514. The Morgan fingerprint density at radius 1 is 1.50 bits per heavy atom. The monoisotopic (exact) mass is 275 g/mol. The van der Waals surface area contributed by atoms with E-state index in [4.69, 9.17) is 5.11 Å². The van der Waals surface area contributed by atoms with Crippen LogP contribution in [-0.4, -0.2) is 48.8 Å². The third-order valence-electron chi connectivity index (χ3n) is 4.05. The van der Waals surface area contributed by atoms with E-state index in [2.05, 4.69) is 23.3 Å². The van der Waals surface area contributed by atoms with Crippen molar-refractivity contribution in [2.24, 2.45) is 0 Å². The van der Waals surface area contributed by atoms with Crippen molar-refractivity contribution in [2.75, 3.05) is 37.0 Å². The van der Waals surface area contributed by atoms with E-state index in [1.54, 1.807) is 4.90 Å². The zero-order valence-corrected chi connectivity index (χ0v) is 11.8. The molecule has 2 aliphatic rings. The maximum absolute atomic E-state index is 12.3. The van der Waals surface area contributed by atoms with Crippen LogP contribution < -0.4 is 10.2 Å². The molecule has 20 heavy (non-hydrogen) atoms. The second-order valence-electron chi connectivity index (χ2n) is 5.59. The van der Waals surface area contributed by atoms with Gasteiger partial charge in [0.05, 0.1) is 6.61 Å². The van der Waals surface area contributed by atoms with Gasteiger partial charge in [-0.2, -0.15) is 0 Å². The smallest absolute Gasteiger partial charge is 0.322 e. The molecule has 0 aromatic heterocycles. The number of nitrogens with one attached hydrogen (secondary N) is 1. The van der Waals surface area contributed by atoms with Crippen molar-refractivity contribution < 1.29 is 9.90 Å². The normalized spacial score (nSPS) is 17.0. The maximum atomic E-state index is 12.3. The SMILES string of the molecule is CN1CCc2ccc(NC(=O)N(CCO)C3CC3)cc21. The largest absolute Gasteiger partial charge is 0.395 e.